The average molecular weight is 250 g/mol. The molecule has 0 saturated carbocycles. The summed E-state index contributed by atoms with van der Waals surface area (Å²) in [6.07, 6.45) is 2.72. The third-order valence-corrected chi connectivity index (χ3v) is 3.70. The Morgan fingerprint density at radius 2 is 2.24 bits per heavy atom. The van der Waals surface area contributed by atoms with Crippen molar-refractivity contribution in [3.63, 3.8) is 0 Å². The minimum atomic E-state index is -0.519. The zero-order valence-electron chi connectivity index (χ0n) is 9.69. The maximum Gasteiger partial charge on any atom is 0.141 e. The number of thiophene rings is 1. The van der Waals surface area contributed by atoms with Gasteiger partial charge >= 0.3 is 0 Å². The Morgan fingerprint density at radius 3 is 2.76 bits per heavy atom. The summed E-state index contributed by atoms with van der Waals surface area (Å²) in [4.78, 5) is 4.11. The molecule has 90 valence electrons. The van der Waals surface area contributed by atoms with Gasteiger partial charge in [-0.05, 0) is 47.4 Å². The summed E-state index contributed by atoms with van der Waals surface area (Å²) in [6, 6.07) is 5.14. The number of pyridine rings is 1. The van der Waals surface area contributed by atoms with Crippen LogP contribution in [0, 0.1) is 5.82 Å². The molecule has 0 aliphatic rings. The Hall–Kier alpha value is -1.26. The van der Waals surface area contributed by atoms with Crippen molar-refractivity contribution < 1.29 is 4.39 Å². The molecular formula is C13H15FN2S. The van der Waals surface area contributed by atoms with Crippen molar-refractivity contribution >= 4 is 11.3 Å². The molecule has 2 heterocycles. The number of hydrogen-bond donors (Lipinski definition) is 1. The molecule has 17 heavy (non-hydrogen) atoms. The molecule has 1 unspecified atom stereocenters. The highest BCUT2D eigenvalue weighted by atomic mass is 32.1. The molecule has 2 aromatic heterocycles. The fourth-order valence-electron chi connectivity index (χ4n) is 1.82. The number of hydrogen-bond acceptors (Lipinski definition) is 3. The Labute approximate surface area is 104 Å². The van der Waals surface area contributed by atoms with Crippen LogP contribution in [0.5, 0.6) is 0 Å². The van der Waals surface area contributed by atoms with Gasteiger partial charge in [-0.3, -0.25) is 4.98 Å². The van der Waals surface area contributed by atoms with E-state index in [4.69, 9.17) is 5.73 Å². The maximum atomic E-state index is 12.9. The van der Waals surface area contributed by atoms with Gasteiger partial charge in [0.05, 0.1) is 17.4 Å². The van der Waals surface area contributed by atoms with E-state index in [-0.39, 0.29) is 5.82 Å². The molecule has 2 nitrogen and oxygen atoms in total. The van der Waals surface area contributed by atoms with Crippen LogP contribution in [0.1, 0.15) is 24.6 Å². The van der Waals surface area contributed by atoms with Crippen LogP contribution in [0.15, 0.2) is 35.2 Å². The molecule has 0 bridgehead atoms. The normalized spacial score (nSPS) is 14.5. The molecule has 4 heteroatoms. The van der Waals surface area contributed by atoms with E-state index < -0.39 is 5.54 Å². The first-order valence-corrected chi connectivity index (χ1v) is 6.50. The van der Waals surface area contributed by atoms with E-state index in [1.54, 1.807) is 17.4 Å². The van der Waals surface area contributed by atoms with Crippen LogP contribution in [0.25, 0.3) is 0 Å². The molecular weight excluding hydrogens is 235 g/mol. The fraction of sp³-hybridized carbons (Fsp3) is 0.308. The fourth-order valence-corrected chi connectivity index (χ4v) is 2.49. The van der Waals surface area contributed by atoms with E-state index in [0.29, 0.717) is 0 Å². The van der Waals surface area contributed by atoms with Gasteiger partial charge in [0.15, 0.2) is 0 Å². The lowest BCUT2D eigenvalue weighted by Crippen LogP contribution is -2.39. The van der Waals surface area contributed by atoms with Crippen LogP contribution < -0.4 is 5.73 Å². The van der Waals surface area contributed by atoms with E-state index >= 15 is 0 Å². The maximum absolute atomic E-state index is 12.9. The van der Waals surface area contributed by atoms with Gasteiger partial charge < -0.3 is 5.73 Å². The lowest BCUT2D eigenvalue weighted by molar-refractivity contribution is 0.411. The SMILES string of the molecule is CCC(N)(Cc1ccsc1)c1ccc(F)cn1. The first kappa shape index (κ1) is 12.2. The van der Waals surface area contributed by atoms with Crippen molar-refractivity contribution in [2.45, 2.75) is 25.3 Å². The van der Waals surface area contributed by atoms with Crippen LogP contribution in [-0.2, 0) is 12.0 Å². The van der Waals surface area contributed by atoms with Gasteiger partial charge in [-0.15, -0.1) is 0 Å². The Bertz CT molecular complexity index is 467. The van der Waals surface area contributed by atoms with E-state index in [0.717, 1.165) is 18.5 Å². The summed E-state index contributed by atoms with van der Waals surface area (Å²) in [6.45, 7) is 2.03. The van der Waals surface area contributed by atoms with E-state index in [9.17, 15) is 4.39 Å². The smallest absolute Gasteiger partial charge is 0.141 e. The van der Waals surface area contributed by atoms with Crippen LogP contribution >= 0.6 is 11.3 Å². The Morgan fingerprint density at radius 1 is 1.41 bits per heavy atom. The van der Waals surface area contributed by atoms with E-state index in [1.807, 2.05) is 12.3 Å². The van der Waals surface area contributed by atoms with Gasteiger partial charge in [0.25, 0.3) is 0 Å². The molecule has 0 aliphatic heterocycles. The second-order valence-corrected chi connectivity index (χ2v) is 4.96. The highest BCUT2D eigenvalue weighted by Crippen LogP contribution is 2.26. The second-order valence-electron chi connectivity index (χ2n) is 4.18. The van der Waals surface area contributed by atoms with Crippen molar-refractivity contribution in [3.05, 3.63) is 52.2 Å². The van der Waals surface area contributed by atoms with Crippen LogP contribution in [0.4, 0.5) is 4.39 Å². The van der Waals surface area contributed by atoms with Gasteiger partial charge in [0, 0.05) is 0 Å². The first-order valence-electron chi connectivity index (χ1n) is 5.56. The molecule has 0 amide bonds. The summed E-state index contributed by atoms with van der Waals surface area (Å²) in [5.41, 5.74) is 7.80. The van der Waals surface area contributed by atoms with Crippen molar-refractivity contribution in [3.8, 4) is 0 Å². The quantitative estimate of drug-likeness (QED) is 0.905. The predicted octanol–water partition coefficient (Wildman–Crippen LogP) is 3.09. The average Bonchev–Trinajstić information content (AvgIpc) is 2.82. The van der Waals surface area contributed by atoms with Gasteiger partial charge in [-0.25, -0.2) is 4.39 Å². The van der Waals surface area contributed by atoms with Crippen LogP contribution in [0.2, 0.25) is 0 Å². The minimum absolute atomic E-state index is 0.331. The summed E-state index contributed by atoms with van der Waals surface area (Å²) >= 11 is 1.65. The summed E-state index contributed by atoms with van der Waals surface area (Å²) < 4.78 is 12.9. The molecule has 2 N–H and O–H groups in total. The second kappa shape index (κ2) is 4.94. The minimum Gasteiger partial charge on any atom is -0.320 e. The topological polar surface area (TPSA) is 38.9 Å². The number of halogens is 1. The van der Waals surface area contributed by atoms with Gasteiger partial charge in [0.2, 0.25) is 0 Å². The summed E-state index contributed by atoms with van der Waals surface area (Å²) in [5, 5.41) is 4.12. The van der Waals surface area contributed by atoms with Gasteiger partial charge in [-0.1, -0.05) is 6.92 Å². The third-order valence-electron chi connectivity index (χ3n) is 2.97. The Kier molecular flexibility index (Phi) is 3.54. The zero-order chi connectivity index (χ0) is 12.3. The largest absolute Gasteiger partial charge is 0.320 e. The van der Waals surface area contributed by atoms with Crippen molar-refractivity contribution in [1.82, 2.24) is 4.98 Å². The number of rotatable bonds is 4. The standard InChI is InChI=1S/C13H15FN2S/c1-2-13(15,7-10-5-6-17-9-10)12-4-3-11(14)8-16-12/h3-6,8-9H,2,7,15H2,1H3. The molecule has 1 atom stereocenters. The molecule has 0 radical (unpaired) electrons. The van der Waals surface area contributed by atoms with E-state index in [1.165, 1.54) is 17.8 Å². The first-order chi connectivity index (χ1) is 8.14. The van der Waals surface area contributed by atoms with E-state index in [2.05, 4.69) is 16.4 Å². The van der Waals surface area contributed by atoms with Gasteiger partial charge in [-0.2, -0.15) is 11.3 Å². The molecule has 2 rings (SSSR count). The molecule has 0 spiro atoms. The van der Waals surface area contributed by atoms with Crippen molar-refractivity contribution in [2.75, 3.05) is 0 Å². The number of nitrogens with zero attached hydrogens (tertiary/aromatic N) is 1. The van der Waals surface area contributed by atoms with Gasteiger partial charge in [0.1, 0.15) is 5.82 Å². The monoisotopic (exact) mass is 250 g/mol. The van der Waals surface area contributed by atoms with Crippen molar-refractivity contribution in [2.24, 2.45) is 5.73 Å². The van der Waals surface area contributed by atoms with Crippen molar-refractivity contribution in [1.29, 1.82) is 0 Å². The summed E-state index contributed by atoms with van der Waals surface area (Å²) in [5.74, 6) is -0.331. The molecule has 0 aromatic carbocycles. The predicted molar refractivity (Wildman–Crippen MR) is 68.4 cm³/mol. The number of nitrogens with two attached hydrogens (primary N) is 1. The van der Waals surface area contributed by atoms with Crippen LogP contribution in [-0.4, -0.2) is 4.98 Å². The zero-order valence-corrected chi connectivity index (χ0v) is 10.5. The van der Waals surface area contributed by atoms with Crippen LogP contribution in [0.3, 0.4) is 0 Å². The number of aromatic nitrogens is 1. The third kappa shape index (κ3) is 2.70. The molecule has 0 aliphatic carbocycles. The molecule has 2 aromatic rings. The molecule has 0 fully saturated rings. The Balaban J connectivity index is 2.27. The summed E-state index contributed by atoms with van der Waals surface area (Å²) in [7, 11) is 0. The highest BCUT2D eigenvalue weighted by Gasteiger charge is 2.27. The highest BCUT2D eigenvalue weighted by molar-refractivity contribution is 7.07. The molecule has 0 saturated heterocycles. The lowest BCUT2D eigenvalue weighted by Gasteiger charge is -2.27. The lowest BCUT2D eigenvalue weighted by atomic mass is 9.86.